The van der Waals surface area contributed by atoms with Gasteiger partial charge in [0.05, 0.1) is 15.7 Å². The van der Waals surface area contributed by atoms with Crippen LogP contribution in [0.2, 0.25) is 5.15 Å². The van der Waals surface area contributed by atoms with Gasteiger partial charge in [-0.3, -0.25) is 4.98 Å². The number of rotatable bonds is 0. The molecule has 5 aromatic rings. The minimum Gasteiger partial charge on any atom is -0.254 e. The Balaban J connectivity index is 2.14. The number of nitrogens with zero attached hydrogens (tertiary/aromatic N) is 2. The van der Waals surface area contributed by atoms with Crippen LogP contribution >= 0.6 is 22.9 Å². The standard InChI is InChI=1S/C18H9ClN2S/c19-18-17-14(11-5-1-2-6-13(11)22-17)12-8-7-10-4-3-9-20-15(10)16(12)21-18/h1-9H. The number of benzene rings is 2. The molecule has 0 aliphatic carbocycles. The molecule has 5 rings (SSSR count). The van der Waals surface area contributed by atoms with E-state index >= 15 is 0 Å². The van der Waals surface area contributed by atoms with Crippen molar-refractivity contribution in [1.82, 2.24) is 9.97 Å². The third-order valence-electron chi connectivity index (χ3n) is 4.01. The van der Waals surface area contributed by atoms with Gasteiger partial charge in [-0.25, -0.2) is 4.98 Å². The van der Waals surface area contributed by atoms with Crippen molar-refractivity contribution in [2.45, 2.75) is 0 Å². The zero-order chi connectivity index (χ0) is 14.7. The Kier molecular flexibility index (Phi) is 2.46. The van der Waals surface area contributed by atoms with E-state index in [2.05, 4.69) is 46.4 Å². The molecule has 0 spiro atoms. The van der Waals surface area contributed by atoms with Gasteiger partial charge in [-0.15, -0.1) is 11.3 Å². The predicted octanol–water partition coefficient (Wildman–Crippen LogP) is 5.80. The molecule has 0 aliphatic rings. The van der Waals surface area contributed by atoms with Crippen molar-refractivity contribution in [3.8, 4) is 0 Å². The molecule has 0 N–H and O–H groups in total. The zero-order valence-corrected chi connectivity index (χ0v) is 12.9. The van der Waals surface area contributed by atoms with Crippen LogP contribution in [-0.4, -0.2) is 9.97 Å². The van der Waals surface area contributed by atoms with Gasteiger partial charge in [0.2, 0.25) is 0 Å². The van der Waals surface area contributed by atoms with E-state index in [0.29, 0.717) is 5.15 Å². The summed E-state index contributed by atoms with van der Waals surface area (Å²) >= 11 is 8.17. The first kappa shape index (κ1) is 12.3. The molecule has 0 bridgehead atoms. The van der Waals surface area contributed by atoms with Gasteiger partial charge < -0.3 is 0 Å². The number of hydrogen-bond donors (Lipinski definition) is 0. The van der Waals surface area contributed by atoms with Crippen LogP contribution in [-0.2, 0) is 0 Å². The van der Waals surface area contributed by atoms with E-state index in [-0.39, 0.29) is 0 Å². The lowest BCUT2D eigenvalue weighted by molar-refractivity contribution is 1.39. The lowest BCUT2D eigenvalue weighted by atomic mass is 10.1. The summed E-state index contributed by atoms with van der Waals surface area (Å²) in [5.41, 5.74) is 1.78. The summed E-state index contributed by atoms with van der Waals surface area (Å²) in [6.07, 6.45) is 1.80. The summed E-state index contributed by atoms with van der Waals surface area (Å²) in [6.45, 7) is 0. The van der Waals surface area contributed by atoms with Crippen molar-refractivity contribution in [2.75, 3.05) is 0 Å². The quantitative estimate of drug-likeness (QED) is 0.266. The van der Waals surface area contributed by atoms with E-state index in [4.69, 9.17) is 11.6 Å². The summed E-state index contributed by atoms with van der Waals surface area (Å²) in [7, 11) is 0. The van der Waals surface area contributed by atoms with Crippen LogP contribution in [0, 0.1) is 0 Å². The van der Waals surface area contributed by atoms with Crippen LogP contribution in [0.25, 0.3) is 42.0 Å². The highest BCUT2D eigenvalue weighted by Gasteiger charge is 2.15. The lowest BCUT2D eigenvalue weighted by Crippen LogP contribution is -1.86. The number of aromatic nitrogens is 2. The second-order valence-electron chi connectivity index (χ2n) is 5.24. The summed E-state index contributed by atoms with van der Waals surface area (Å²) < 4.78 is 2.28. The van der Waals surface area contributed by atoms with Gasteiger partial charge in [0.15, 0.2) is 0 Å². The van der Waals surface area contributed by atoms with Crippen LogP contribution in [0.15, 0.2) is 54.7 Å². The fraction of sp³-hybridized carbons (Fsp3) is 0. The molecule has 3 heterocycles. The van der Waals surface area contributed by atoms with Crippen molar-refractivity contribution < 1.29 is 0 Å². The molecule has 0 saturated carbocycles. The van der Waals surface area contributed by atoms with Crippen molar-refractivity contribution in [2.24, 2.45) is 0 Å². The zero-order valence-electron chi connectivity index (χ0n) is 11.4. The molecule has 22 heavy (non-hydrogen) atoms. The molecule has 0 fully saturated rings. The topological polar surface area (TPSA) is 25.8 Å². The minimum absolute atomic E-state index is 0.557. The van der Waals surface area contributed by atoms with Gasteiger partial charge in [0, 0.05) is 32.4 Å². The molecule has 2 aromatic carbocycles. The molecule has 2 nitrogen and oxygen atoms in total. The van der Waals surface area contributed by atoms with Crippen molar-refractivity contribution in [3.05, 3.63) is 59.9 Å². The Labute approximate surface area is 135 Å². The average Bonchev–Trinajstić information content (AvgIpc) is 2.95. The monoisotopic (exact) mass is 320 g/mol. The Morgan fingerprint density at radius 2 is 1.77 bits per heavy atom. The van der Waals surface area contributed by atoms with Gasteiger partial charge in [-0.2, -0.15) is 0 Å². The summed E-state index contributed by atoms with van der Waals surface area (Å²) in [4.78, 5) is 9.14. The highest BCUT2D eigenvalue weighted by molar-refractivity contribution is 7.26. The van der Waals surface area contributed by atoms with Crippen molar-refractivity contribution in [1.29, 1.82) is 0 Å². The third kappa shape index (κ3) is 1.55. The number of hydrogen-bond acceptors (Lipinski definition) is 3. The summed E-state index contributed by atoms with van der Waals surface area (Å²) in [6, 6.07) is 16.6. The summed E-state index contributed by atoms with van der Waals surface area (Å²) in [5.74, 6) is 0. The maximum Gasteiger partial charge on any atom is 0.147 e. The molecule has 3 aromatic heterocycles. The second-order valence-corrected chi connectivity index (χ2v) is 6.65. The number of thiophene rings is 1. The van der Waals surface area contributed by atoms with Gasteiger partial charge in [-0.05, 0) is 12.1 Å². The molecule has 4 heteroatoms. The lowest BCUT2D eigenvalue weighted by Gasteiger charge is -2.05. The van der Waals surface area contributed by atoms with Crippen molar-refractivity contribution >= 4 is 64.9 Å². The van der Waals surface area contributed by atoms with E-state index in [1.54, 1.807) is 17.5 Å². The molecule has 0 saturated heterocycles. The first-order valence-electron chi connectivity index (χ1n) is 6.97. The van der Waals surface area contributed by atoms with E-state index in [1.807, 2.05) is 12.1 Å². The predicted molar refractivity (Wildman–Crippen MR) is 94.9 cm³/mol. The van der Waals surface area contributed by atoms with Crippen LogP contribution in [0.3, 0.4) is 0 Å². The van der Waals surface area contributed by atoms with Gasteiger partial charge in [0.1, 0.15) is 5.15 Å². The largest absolute Gasteiger partial charge is 0.254 e. The smallest absolute Gasteiger partial charge is 0.147 e. The highest BCUT2D eigenvalue weighted by atomic mass is 35.5. The maximum atomic E-state index is 6.48. The van der Waals surface area contributed by atoms with Crippen LogP contribution in [0.1, 0.15) is 0 Å². The maximum absolute atomic E-state index is 6.48. The SMILES string of the molecule is Clc1nc2c(ccc3cccnc32)c2c1sc1ccccc12. The first-order valence-corrected chi connectivity index (χ1v) is 8.16. The molecule has 0 atom stereocenters. The second kappa shape index (κ2) is 4.38. The first-order chi connectivity index (χ1) is 10.8. The van der Waals surface area contributed by atoms with Gasteiger partial charge in [0.25, 0.3) is 0 Å². The normalized spacial score (nSPS) is 11.9. The van der Waals surface area contributed by atoms with Crippen LogP contribution in [0.5, 0.6) is 0 Å². The average molecular weight is 321 g/mol. The number of halogens is 1. The Bertz CT molecular complexity index is 1190. The molecule has 0 radical (unpaired) electrons. The fourth-order valence-corrected chi connectivity index (χ4v) is 4.44. The number of pyridine rings is 2. The van der Waals surface area contributed by atoms with E-state index < -0.39 is 0 Å². The molecular formula is C18H9ClN2S. The van der Waals surface area contributed by atoms with E-state index in [1.165, 1.54) is 15.5 Å². The van der Waals surface area contributed by atoms with E-state index in [0.717, 1.165) is 26.5 Å². The Hall–Kier alpha value is -2.23. The van der Waals surface area contributed by atoms with Crippen LogP contribution in [0.4, 0.5) is 0 Å². The molecule has 0 aliphatic heterocycles. The highest BCUT2D eigenvalue weighted by Crippen LogP contribution is 2.41. The molecule has 0 unspecified atom stereocenters. The van der Waals surface area contributed by atoms with Crippen LogP contribution < -0.4 is 0 Å². The summed E-state index contributed by atoms with van der Waals surface area (Å²) in [5, 5.41) is 5.16. The molecule has 0 amide bonds. The molecular weight excluding hydrogens is 312 g/mol. The van der Waals surface area contributed by atoms with Gasteiger partial charge in [-0.1, -0.05) is 48.0 Å². The Morgan fingerprint density at radius 3 is 2.73 bits per heavy atom. The molecule has 104 valence electrons. The van der Waals surface area contributed by atoms with E-state index in [9.17, 15) is 0 Å². The third-order valence-corrected chi connectivity index (χ3v) is 5.57. The van der Waals surface area contributed by atoms with Crippen molar-refractivity contribution in [3.63, 3.8) is 0 Å². The Morgan fingerprint density at radius 1 is 0.864 bits per heavy atom. The number of fused-ring (bicyclic) bond motifs is 7. The van der Waals surface area contributed by atoms with Gasteiger partial charge >= 0.3 is 0 Å². The fourth-order valence-electron chi connectivity index (χ4n) is 3.05. The minimum atomic E-state index is 0.557.